The molecule has 0 bridgehead atoms. The summed E-state index contributed by atoms with van der Waals surface area (Å²) >= 11 is 0. The van der Waals surface area contributed by atoms with Gasteiger partial charge in [0.05, 0.1) is 0 Å². The first-order chi connectivity index (χ1) is 14.3. The van der Waals surface area contributed by atoms with Gasteiger partial charge >= 0.3 is 6.03 Å². The summed E-state index contributed by atoms with van der Waals surface area (Å²) in [5.74, 6) is -1.20. The first kappa shape index (κ1) is 21.5. The van der Waals surface area contributed by atoms with Crippen molar-refractivity contribution < 1.29 is 18.8 Å². The number of rotatable bonds is 8. The van der Waals surface area contributed by atoms with E-state index in [0.717, 1.165) is 23.3 Å². The average molecular weight is 411 g/mol. The molecule has 2 N–H and O–H groups in total. The number of hydrogen-bond donors (Lipinski definition) is 2. The molecular weight excluding hydrogens is 385 g/mol. The number of imide groups is 1. The van der Waals surface area contributed by atoms with Gasteiger partial charge < -0.3 is 10.6 Å². The summed E-state index contributed by atoms with van der Waals surface area (Å²) in [6.07, 6.45) is 2.49. The molecule has 0 radical (unpaired) electrons. The zero-order valence-corrected chi connectivity index (χ0v) is 17.2. The van der Waals surface area contributed by atoms with E-state index in [4.69, 9.17) is 0 Å². The Morgan fingerprint density at radius 1 is 1.03 bits per heavy atom. The Morgan fingerprint density at radius 3 is 2.27 bits per heavy atom. The smallest absolute Gasteiger partial charge is 0.325 e. The number of hydrogen-bond acceptors (Lipinski definition) is 3. The van der Waals surface area contributed by atoms with Crippen molar-refractivity contribution in [1.29, 1.82) is 0 Å². The monoisotopic (exact) mass is 411 g/mol. The van der Waals surface area contributed by atoms with Crippen LogP contribution in [0.4, 0.5) is 9.18 Å². The largest absolute Gasteiger partial charge is 0.354 e. The molecule has 1 saturated heterocycles. The Balaban J connectivity index is 1.58. The van der Waals surface area contributed by atoms with Crippen LogP contribution in [0.3, 0.4) is 0 Å². The van der Waals surface area contributed by atoms with Gasteiger partial charge in [-0.15, -0.1) is 0 Å². The van der Waals surface area contributed by atoms with Crippen molar-refractivity contribution in [1.82, 2.24) is 15.5 Å². The molecule has 0 aliphatic carbocycles. The van der Waals surface area contributed by atoms with Gasteiger partial charge in [0.1, 0.15) is 17.9 Å². The molecule has 2 aromatic carbocycles. The molecule has 4 amide bonds. The van der Waals surface area contributed by atoms with Crippen molar-refractivity contribution in [3.8, 4) is 0 Å². The molecule has 0 saturated carbocycles. The molecule has 7 heteroatoms. The Labute approximate surface area is 175 Å². The zero-order valence-electron chi connectivity index (χ0n) is 17.2. The summed E-state index contributed by atoms with van der Waals surface area (Å²) in [7, 11) is 0. The number of carbonyl (C=O) groups excluding carboxylic acids is 3. The molecule has 3 rings (SSSR count). The Kier molecular flexibility index (Phi) is 6.50. The number of nitrogens with zero attached hydrogens (tertiary/aromatic N) is 1. The molecule has 0 spiro atoms. The van der Waals surface area contributed by atoms with Crippen LogP contribution in [-0.2, 0) is 28.0 Å². The molecule has 1 aliphatic heterocycles. The second kappa shape index (κ2) is 9.07. The van der Waals surface area contributed by atoms with Crippen LogP contribution < -0.4 is 10.6 Å². The number of amides is 4. The van der Waals surface area contributed by atoms with E-state index in [0.29, 0.717) is 18.5 Å². The Bertz CT molecular complexity index is 928. The van der Waals surface area contributed by atoms with E-state index < -0.39 is 23.4 Å². The summed E-state index contributed by atoms with van der Waals surface area (Å²) in [4.78, 5) is 38.5. The second-order valence-electron chi connectivity index (χ2n) is 7.62. The molecule has 1 heterocycles. The number of nitrogens with one attached hydrogen (secondary N) is 2. The highest BCUT2D eigenvalue weighted by Gasteiger charge is 2.49. The van der Waals surface area contributed by atoms with Crippen molar-refractivity contribution in [2.24, 2.45) is 0 Å². The lowest BCUT2D eigenvalue weighted by Crippen LogP contribution is -2.43. The predicted molar refractivity (Wildman–Crippen MR) is 111 cm³/mol. The van der Waals surface area contributed by atoms with Crippen LogP contribution >= 0.6 is 0 Å². The van der Waals surface area contributed by atoms with Gasteiger partial charge in [-0.3, -0.25) is 14.5 Å². The lowest BCUT2D eigenvalue weighted by Gasteiger charge is -2.22. The second-order valence-corrected chi connectivity index (χ2v) is 7.62. The van der Waals surface area contributed by atoms with Gasteiger partial charge in [-0.2, -0.15) is 0 Å². The van der Waals surface area contributed by atoms with E-state index in [2.05, 4.69) is 17.6 Å². The molecule has 1 aliphatic rings. The number of aryl methyl sites for hydroxylation is 1. The van der Waals surface area contributed by atoms with Crippen LogP contribution in [0, 0.1) is 5.82 Å². The number of urea groups is 1. The minimum absolute atomic E-state index is 0.315. The van der Waals surface area contributed by atoms with E-state index >= 15 is 0 Å². The third-order valence-corrected chi connectivity index (χ3v) is 5.30. The van der Waals surface area contributed by atoms with Crippen molar-refractivity contribution >= 4 is 17.8 Å². The first-order valence-electron chi connectivity index (χ1n) is 10.1. The maximum absolute atomic E-state index is 12.9. The summed E-state index contributed by atoms with van der Waals surface area (Å²) in [6, 6.07) is 13.0. The van der Waals surface area contributed by atoms with E-state index in [1.165, 1.54) is 17.7 Å². The molecular formula is C23H26FN3O3. The molecule has 1 atom stereocenters. The van der Waals surface area contributed by atoms with Crippen molar-refractivity contribution in [2.75, 3.05) is 13.1 Å². The normalized spacial score (nSPS) is 18.4. The molecule has 158 valence electrons. The molecule has 1 fully saturated rings. The number of halogens is 1. The molecule has 1 unspecified atom stereocenters. The van der Waals surface area contributed by atoms with Crippen molar-refractivity contribution in [3.05, 3.63) is 71.0 Å². The topological polar surface area (TPSA) is 78.5 Å². The summed E-state index contributed by atoms with van der Waals surface area (Å²) < 4.78 is 12.9. The van der Waals surface area contributed by atoms with Crippen LogP contribution in [0.5, 0.6) is 0 Å². The fraction of sp³-hybridized carbons (Fsp3) is 0.348. The molecule has 2 aromatic rings. The van der Waals surface area contributed by atoms with Crippen LogP contribution in [0.2, 0.25) is 0 Å². The zero-order chi connectivity index (χ0) is 21.7. The van der Waals surface area contributed by atoms with Gasteiger partial charge in [0.15, 0.2) is 0 Å². The average Bonchev–Trinajstić information content (AvgIpc) is 2.94. The van der Waals surface area contributed by atoms with Crippen LogP contribution in [0.15, 0.2) is 48.5 Å². The lowest BCUT2D eigenvalue weighted by atomic mass is 9.91. The highest BCUT2D eigenvalue weighted by Crippen LogP contribution is 2.29. The van der Waals surface area contributed by atoms with Crippen molar-refractivity contribution in [2.45, 2.75) is 38.6 Å². The minimum Gasteiger partial charge on any atom is -0.354 e. The van der Waals surface area contributed by atoms with Gasteiger partial charge in [0.25, 0.3) is 5.91 Å². The highest BCUT2D eigenvalue weighted by atomic mass is 19.1. The first-order valence-corrected chi connectivity index (χ1v) is 10.1. The third kappa shape index (κ3) is 4.67. The third-order valence-electron chi connectivity index (χ3n) is 5.30. The maximum atomic E-state index is 12.9. The predicted octanol–water partition coefficient (Wildman–Crippen LogP) is 2.90. The molecule has 30 heavy (non-hydrogen) atoms. The van der Waals surface area contributed by atoms with Gasteiger partial charge in [0.2, 0.25) is 5.91 Å². The molecule has 0 aromatic heterocycles. The quantitative estimate of drug-likeness (QED) is 0.656. The van der Waals surface area contributed by atoms with Crippen LogP contribution in [0.1, 0.15) is 37.0 Å². The Morgan fingerprint density at radius 2 is 1.63 bits per heavy atom. The van der Waals surface area contributed by atoms with Crippen LogP contribution in [-0.4, -0.2) is 35.8 Å². The molecule has 6 nitrogen and oxygen atoms in total. The van der Waals surface area contributed by atoms with Gasteiger partial charge in [0, 0.05) is 6.54 Å². The minimum atomic E-state index is -1.20. The van der Waals surface area contributed by atoms with Crippen LogP contribution in [0.25, 0.3) is 0 Å². The van der Waals surface area contributed by atoms with E-state index in [1.54, 1.807) is 19.1 Å². The van der Waals surface area contributed by atoms with Gasteiger partial charge in [-0.25, -0.2) is 9.18 Å². The van der Waals surface area contributed by atoms with E-state index in [-0.39, 0.29) is 12.4 Å². The van der Waals surface area contributed by atoms with Gasteiger partial charge in [-0.05, 0) is 48.6 Å². The number of carbonyl (C=O) groups is 3. The van der Waals surface area contributed by atoms with Gasteiger partial charge in [-0.1, -0.05) is 49.7 Å². The van der Waals surface area contributed by atoms with E-state index in [1.807, 2.05) is 24.3 Å². The summed E-state index contributed by atoms with van der Waals surface area (Å²) in [5.41, 5.74) is 1.53. The lowest BCUT2D eigenvalue weighted by molar-refractivity contribution is -0.134. The maximum Gasteiger partial charge on any atom is 0.325 e. The SMILES string of the molecule is CCCc1ccc(C2(C)NC(=O)N(CC(=O)NCCc3ccc(F)cc3)C2=O)cc1. The highest BCUT2D eigenvalue weighted by molar-refractivity contribution is 6.09. The van der Waals surface area contributed by atoms with E-state index in [9.17, 15) is 18.8 Å². The number of benzene rings is 2. The Hall–Kier alpha value is -3.22. The standard InChI is InChI=1S/C23H26FN3O3/c1-3-4-16-5-9-18(10-6-16)23(2)21(29)27(22(30)26-23)15-20(28)25-14-13-17-7-11-19(24)12-8-17/h5-12H,3-4,13-15H2,1-2H3,(H,25,28)(H,26,30). The fourth-order valence-corrected chi connectivity index (χ4v) is 3.53. The summed E-state index contributed by atoms with van der Waals surface area (Å²) in [5, 5.41) is 5.41. The fourth-order valence-electron chi connectivity index (χ4n) is 3.53. The van der Waals surface area contributed by atoms with Crippen molar-refractivity contribution in [3.63, 3.8) is 0 Å². The summed E-state index contributed by atoms with van der Waals surface area (Å²) in [6.45, 7) is 3.72.